The van der Waals surface area contributed by atoms with Crippen LogP contribution in [0.25, 0.3) is 11.0 Å². The molecule has 1 aromatic heterocycles. The fraction of sp³-hybridized carbons (Fsp3) is 0.273. The van der Waals surface area contributed by atoms with Crippen LogP contribution < -0.4 is 11.5 Å². The molecular weight excluding hydrogens is 188 g/mol. The highest BCUT2D eigenvalue weighted by molar-refractivity contribution is 5.76. The van der Waals surface area contributed by atoms with E-state index in [0.29, 0.717) is 5.82 Å². The molecule has 0 saturated carbocycles. The van der Waals surface area contributed by atoms with Crippen molar-refractivity contribution in [2.45, 2.75) is 19.4 Å². The molecule has 0 atom stereocenters. The number of fused-ring (bicyclic) bond motifs is 1. The number of anilines is 1. The highest BCUT2D eigenvalue weighted by Crippen LogP contribution is 2.20. The summed E-state index contributed by atoms with van der Waals surface area (Å²) in [7, 11) is 0. The third-order valence-corrected chi connectivity index (χ3v) is 2.30. The number of hydrogen-bond acceptors (Lipinski definition) is 4. The van der Waals surface area contributed by atoms with Crippen LogP contribution >= 0.6 is 0 Å². The third-order valence-electron chi connectivity index (χ3n) is 2.30. The zero-order chi connectivity index (χ0) is 11.1. The van der Waals surface area contributed by atoms with Crippen LogP contribution in [0.15, 0.2) is 24.4 Å². The van der Waals surface area contributed by atoms with Gasteiger partial charge in [-0.1, -0.05) is 6.07 Å². The predicted octanol–water partition coefficient (Wildman–Crippen LogP) is 1.41. The summed E-state index contributed by atoms with van der Waals surface area (Å²) < 4.78 is 0. The molecule has 4 N–H and O–H groups in total. The number of hydrogen-bond donors (Lipinski definition) is 2. The van der Waals surface area contributed by atoms with Crippen LogP contribution in [0.2, 0.25) is 0 Å². The molecule has 15 heavy (non-hydrogen) atoms. The normalized spacial score (nSPS) is 11.9. The minimum atomic E-state index is -0.364. The fourth-order valence-corrected chi connectivity index (χ4v) is 1.43. The van der Waals surface area contributed by atoms with E-state index in [2.05, 4.69) is 9.97 Å². The minimum absolute atomic E-state index is 0.364. The molecule has 2 aromatic rings. The van der Waals surface area contributed by atoms with Crippen molar-refractivity contribution in [3.8, 4) is 0 Å². The fourth-order valence-electron chi connectivity index (χ4n) is 1.43. The van der Waals surface area contributed by atoms with Crippen LogP contribution in [0.5, 0.6) is 0 Å². The number of rotatable bonds is 1. The van der Waals surface area contributed by atoms with Crippen LogP contribution in [0, 0.1) is 0 Å². The highest BCUT2D eigenvalue weighted by Gasteiger charge is 2.14. The topological polar surface area (TPSA) is 77.8 Å². The second-order valence-corrected chi connectivity index (χ2v) is 4.22. The average Bonchev–Trinajstić information content (AvgIpc) is 2.15. The predicted molar refractivity (Wildman–Crippen MR) is 61.2 cm³/mol. The molecule has 0 aliphatic carbocycles. The van der Waals surface area contributed by atoms with E-state index in [9.17, 15) is 0 Å². The molecule has 78 valence electrons. The van der Waals surface area contributed by atoms with E-state index in [-0.39, 0.29) is 5.54 Å². The molecule has 1 aromatic carbocycles. The lowest BCUT2D eigenvalue weighted by molar-refractivity contribution is 0.555. The summed E-state index contributed by atoms with van der Waals surface area (Å²) in [6.07, 6.45) is 1.55. The van der Waals surface area contributed by atoms with Crippen molar-refractivity contribution in [3.05, 3.63) is 30.0 Å². The molecule has 2 rings (SSSR count). The van der Waals surface area contributed by atoms with Gasteiger partial charge in [-0.15, -0.1) is 0 Å². The maximum absolute atomic E-state index is 6.00. The Balaban J connectivity index is 2.62. The molecule has 4 heteroatoms. The molecule has 0 spiro atoms. The maximum Gasteiger partial charge on any atom is 0.142 e. The lowest BCUT2D eigenvalue weighted by Gasteiger charge is -2.19. The van der Waals surface area contributed by atoms with Crippen molar-refractivity contribution >= 4 is 16.9 Å². The minimum Gasteiger partial charge on any atom is -0.382 e. The molecule has 0 radical (unpaired) electrons. The zero-order valence-electron chi connectivity index (χ0n) is 8.86. The second kappa shape index (κ2) is 3.17. The van der Waals surface area contributed by atoms with E-state index in [1.54, 1.807) is 6.20 Å². The van der Waals surface area contributed by atoms with Gasteiger partial charge in [-0.2, -0.15) is 0 Å². The van der Waals surface area contributed by atoms with Gasteiger partial charge in [0.2, 0.25) is 0 Å². The first kappa shape index (κ1) is 9.86. The van der Waals surface area contributed by atoms with Gasteiger partial charge in [-0.3, -0.25) is 4.98 Å². The van der Waals surface area contributed by atoms with Gasteiger partial charge in [0.05, 0.1) is 17.2 Å². The van der Waals surface area contributed by atoms with Gasteiger partial charge in [0.25, 0.3) is 0 Å². The largest absolute Gasteiger partial charge is 0.382 e. The number of nitrogen functional groups attached to an aromatic ring is 1. The first-order valence-corrected chi connectivity index (χ1v) is 4.78. The number of aromatic nitrogens is 2. The van der Waals surface area contributed by atoms with E-state index in [0.717, 1.165) is 16.6 Å². The molecule has 0 fully saturated rings. The molecule has 1 heterocycles. The Morgan fingerprint density at radius 2 is 1.93 bits per heavy atom. The van der Waals surface area contributed by atoms with Crippen LogP contribution in [0.3, 0.4) is 0 Å². The van der Waals surface area contributed by atoms with Gasteiger partial charge >= 0.3 is 0 Å². The standard InChI is InChI=1S/C11H14N4/c1-11(2,13)7-3-4-8-9(5-7)14-6-10(12)15-8/h3-6H,13H2,1-2H3,(H2,12,15). The van der Waals surface area contributed by atoms with E-state index in [1.165, 1.54) is 0 Å². The summed E-state index contributed by atoms with van der Waals surface area (Å²) >= 11 is 0. The van der Waals surface area contributed by atoms with Crippen molar-refractivity contribution in [3.63, 3.8) is 0 Å². The molecule has 0 unspecified atom stereocenters. The zero-order valence-corrected chi connectivity index (χ0v) is 8.86. The van der Waals surface area contributed by atoms with E-state index in [1.807, 2.05) is 32.0 Å². The molecule has 4 nitrogen and oxygen atoms in total. The van der Waals surface area contributed by atoms with Gasteiger partial charge in [-0.25, -0.2) is 4.98 Å². The molecule has 0 aliphatic heterocycles. The summed E-state index contributed by atoms with van der Waals surface area (Å²) in [5.74, 6) is 0.433. The smallest absolute Gasteiger partial charge is 0.142 e. The van der Waals surface area contributed by atoms with Gasteiger partial charge < -0.3 is 11.5 Å². The van der Waals surface area contributed by atoms with Crippen LogP contribution in [-0.2, 0) is 5.54 Å². The van der Waals surface area contributed by atoms with Crippen LogP contribution in [-0.4, -0.2) is 9.97 Å². The second-order valence-electron chi connectivity index (χ2n) is 4.22. The highest BCUT2D eigenvalue weighted by atomic mass is 14.9. The first-order valence-electron chi connectivity index (χ1n) is 4.78. The Bertz CT molecular complexity index is 499. The van der Waals surface area contributed by atoms with Crippen LogP contribution in [0.1, 0.15) is 19.4 Å². The summed E-state index contributed by atoms with van der Waals surface area (Å²) in [6, 6.07) is 5.79. The number of nitrogens with two attached hydrogens (primary N) is 2. The van der Waals surface area contributed by atoms with Gasteiger partial charge in [0.1, 0.15) is 5.82 Å². The molecule has 0 aliphatic rings. The van der Waals surface area contributed by atoms with Crippen molar-refractivity contribution in [2.75, 3.05) is 5.73 Å². The lowest BCUT2D eigenvalue weighted by atomic mass is 9.95. The van der Waals surface area contributed by atoms with Crippen molar-refractivity contribution < 1.29 is 0 Å². The Labute approximate surface area is 88.3 Å². The van der Waals surface area contributed by atoms with Crippen molar-refractivity contribution in [1.29, 1.82) is 0 Å². The quantitative estimate of drug-likeness (QED) is 0.732. The average molecular weight is 202 g/mol. The molecule has 0 bridgehead atoms. The summed E-state index contributed by atoms with van der Waals surface area (Å²) in [4.78, 5) is 8.39. The number of nitrogens with zero attached hydrogens (tertiary/aromatic N) is 2. The lowest BCUT2D eigenvalue weighted by Crippen LogP contribution is -2.28. The third kappa shape index (κ3) is 1.89. The van der Waals surface area contributed by atoms with Gasteiger partial charge in [0.15, 0.2) is 0 Å². The maximum atomic E-state index is 6.00. The summed E-state index contributed by atoms with van der Waals surface area (Å²) in [6.45, 7) is 3.91. The Morgan fingerprint density at radius 3 is 2.60 bits per heavy atom. The number of benzene rings is 1. The van der Waals surface area contributed by atoms with Gasteiger partial charge in [0, 0.05) is 5.54 Å². The molecular formula is C11H14N4. The monoisotopic (exact) mass is 202 g/mol. The Kier molecular flexibility index (Phi) is 2.08. The van der Waals surface area contributed by atoms with Crippen molar-refractivity contribution in [2.24, 2.45) is 5.73 Å². The van der Waals surface area contributed by atoms with E-state index >= 15 is 0 Å². The molecule has 0 saturated heterocycles. The summed E-state index contributed by atoms with van der Waals surface area (Å²) in [5, 5.41) is 0. The van der Waals surface area contributed by atoms with Gasteiger partial charge in [-0.05, 0) is 31.5 Å². The van der Waals surface area contributed by atoms with Crippen molar-refractivity contribution in [1.82, 2.24) is 9.97 Å². The first-order chi connectivity index (χ1) is 6.97. The van der Waals surface area contributed by atoms with E-state index < -0.39 is 0 Å². The van der Waals surface area contributed by atoms with E-state index in [4.69, 9.17) is 11.5 Å². The molecule has 0 amide bonds. The summed E-state index contributed by atoms with van der Waals surface area (Å²) in [5.41, 5.74) is 13.8. The Morgan fingerprint density at radius 1 is 1.20 bits per heavy atom. The van der Waals surface area contributed by atoms with Crippen LogP contribution in [0.4, 0.5) is 5.82 Å². The Hall–Kier alpha value is -1.68. The SMILES string of the molecule is CC(C)(N)c1ccc2nc(N)cnc2c1.